The smallest absolute Gasteiger partial charge is 0.164 e. The number of para-hydroxylation sites is 4. The number of aromatic nitrogens is 12. The van der Waals surface area contributed by atoms with Crippen LogP contribution < -0.4 is 0 Å². The number of hydrogen-bond acceptors (Lipinski definition) is 12. The lowest BCUT2D eigenvalue weighted by atomic mass is 9.85. The van der Waals surface area contributed by atoms with Crippen molar-refractivity contribution in [3.8, 4) is 175 Å². The number of rotatable bonds is 14. The molecule has 147 heavy (non-hydrogen) atoms. The van der Waals surface area contributed by atoms with Gasteiger partial charge >= 0.3 is 0 Å². The first-order valence-corrected chi connectivity index (χ1v) is 49.8. The third-order valence-corrected chi connectivity index (χ3v) is 29.4. The second-order valence-electron chi connectivity index (χ2n) is 39.4. The number of furan rings is 3. The predicted molar refractivity (Wildman–Crippen MR) is 592 cm³/mol. The minimum Gasteiger partial charge on any atom is -0.457 e. The second-order valence-corrected chi connectivity index (χ2v) is 39.4. The molecule has 0 fully saturated rings. The van der Waals surface area contributed by atoms with Gasteiger partial charge in [-0.3, -0.25) is 0 Å². The normalized spacial score (nSPS) is 13.1. The van der Waals surface area contributed by atoms with Crippen LogP contribution in [0.4, 0.5) is 0 Å². The lowest BCUT2D eigenvalue weighted by Gasteiger charge is -2.19. The number of fused-ring (bicyclic) bond motifs is 21. The lowest BCUT2D eigenvalue weighted by Crippen LogP contribution is -2.14. The van der Waals surface area contributed by atoms with Crippen molar-refractivity contribution in [2.75, 3.05) is 0 Å². The van der Waals surface area contributed by atoms with E-state index in [-0.39, 0.29) is 16.2 Å². The maximum absolute atomic E-state index is 6.94. The van der Waals surface area contributed by atoms with Crippen molar-refractivity contribution in [2.24, 2.45) is 0 Å². The number of hydrogen-bond donors (Lipinski definition) is 0. The summed E-state index contributed by atoms with van der Waals surface area (Å²) in [5.74, 6) is 8.89. The SMILES string of the molecule is CC1(C)c2ccc(-c3ccc(-c4nc(-c5ccccc5)nc(-c5ccccc5)n4)cc3)cc2-c2c1oc1c3ccccc3n(-c3ccccc3)c21.CC1(C)c2ccccc2-c2c1oc1c3cc(-c4ccc(-c5nc(-c6ccccc6)nc(-c6ccccc6)n5)cc4)ccc3n(-c3ccccc3)c21.CC1(C)c2ccccc2-c2c1oc1c3ccccc3n(-c3ccc(-c4nc(-c5ccccc5)nc(-c5ccccc5)n4)cc3)c21. The van der Waals surface area contributed by atoms with E-state index in [1.54, 1.807) is 0 Å². The van der Waals surface area contributed by atoms with Gasteiger partial charge in [-0.05, 0) is 188 Å². The van der Waals surface area contributed by atoms with Crippen LogP contribution in [-0.4, -0.2) is 58.6 Å². The first-order valence-electron chi connectivity index (χ1n) is 49.8. The molecule has 9 heterocycles. The van der Waals surface area contributed by atoms with Gasteiger partial charge < -0.3 is 27.0 Å². The van der Waals surface area contributed by atoms with Gasteiger partial charge in [0.1, 0.15) is 33.8 Å². The molecule has 26 aromatic rings. The summed E-state index contributed by atoms with van der Waals surface area (Å²) in [6.07, 6.45) is 0. The van der Waals surface area contributed by atoms with Crippen LogP contribution in [0.25, 0.3) is 241 Å². The Labute approximate surface area is 848 Å². The van der Waals surface area contributed by atoms with Gasteiger partial charge in [-0.25, -0.2) is 44.9 Å². The fraction of sp³-hybridized carbons (Fsp3) is 0.0682. The summed E-state index contributed by atoms with van der Waals surface area (Å²) in [7, 11) is 0. The van der Waals surface area contributed by atoms with Crippen LogP contribution in [0.5, 0.6) is 0 Å². The predicted octanol–water partition coefficient (Wildman–Crippen LogP) is 32.9. The standard InChI is InChI=1S/2C46H32N4O.C40H28N4O/c1-46(2)37-27-26-33(28-36(37)39-40-41(51-42(39)46)35-20-12-13-21-38(35)50(40)34-18-10-5-11-19-34)29-22-24-32(25-23-29)45-48-43(30-14-6-3-7-15-30)47-44(49-45)31-16-8-4-9-17-31;1-46(2)37-21-13-12-20-35(37)39-40-41(51-42(39)46)36-28-33(26-27-38(36)50(40)34-18-10-5-11-19-34)29-22-24-32(25-23-29)45-48-43(30-14-6-3-7-15-30)47-44(49-45)31-16-8-4-9-17-31;1-40(2)31-19-11-9-17-29(31)33-34-35(45-36(33)40)30-18-10-12-20-32(30)44(34)28-23-21-27(22-24-28)39-42-37(25-13-5-3-6-14-25)41-38(43-39)26-15-7-4-8-16-26/h2*3-28H,1-2H3;3-24H,1-2H3. The molecule has 0 atom stereocenters. The van der Waals surface area contributed by atoms with Gasteiger partial charge in [0.05, 0.1) is 16.6 Å². The molecular formula is C132H92N12O3. The zero-order valence-electron chi connectivity index (χ0n) is 81.3. The van der Waals surface area contributed by atoms with Crippen molar-refractivity contribution in [2.45, 2.75) is 57.8 Å². The molecule has 15 nitrogen and oxygen atoms in total. The molecule has 29 rings (SSSR count). The van der Waals surface area contributed by atoms with Crippen LogP contribution in [-0.2, 0) is 16.2 Å². The first kappa shape index (κ1) is 87.1. The molecule has 0 unspecified atom stereocenters. The van der Waals surface area contributed by atoms with Crippen molar-refractivity contribution >= 4 is 66.0 Å². The summed E-state index contributed by atoms with van der Waals surface area (Å²) in [6, 6.07) is 155. The molecule has 0 aliphatic heterocycles. The number of nitrogens with zero attached hydrogens (tertiary/aromatic N) is 12. The largest absolute Gasteiger partial charge is 0.457 e. The molecule has 0 radical (unpaired) electrons. The molecule has 0 amide bonds. The summed E-state index contributed by atoms with van der Waals surface area (Å²) in [5.41, 5.74) is 36.2. The van der Waals surface area contributed by atoms with E-state index in [9.17, 15) is 0 Å². The Morgan fingerprint density at radius 1 is 0.177 bits per heavy atom. The van der Waals surface area contributed by atoms with Gasteiger partial charge in [0, 0.05) is 116 Å². The van der Waals surface area contributed by atoms with Crippen LogP contribution in [0, 0.1) is 0 Å². The van der Waals surface area contributed by atoms with Crippen molar-refractivity contribution in [3.05, 3.63) is 483 Å². The molecule has 17 aromatic carbocycles. The monoisotopic (exact) mass is 1890 g/mol. The van der Waals surface area contributed by atoms with Gasteiger partial charge in [-0.2, -0.15) is 0 Å². The zero-order chi connectivity index (χ0) is 98.3. The highest BCUT2D eigenvalue weighted by atomic mass is 16.3. The third kappa shape index (κ3) is 14.6. The summed E-state index contributed by atoms with van der Waals surface area (Å²) in [5, 5.41) is 3.33. The van der Waals surface area contributed by atoms with E-state index in [1.807, 2.05) is 182 Å². The van der Waals surface area contributed by atoms with Gasteiger partial charge in [-0.1, -0.05) is 358 Å². The summed E-state index contributed by atoms with van der Waals surface area (Å²) < 4.78 is 27.7. The van der Waals surface area contributed by atoms with E-state index in [0.717, 1.165) is 173 Å². The molecule has 0 saturated heterocycles. The molecule has 3 aliphatic rings. The molecule has 0 bridgehead atoms. The van der Waals surface area contributed by atoms with Crippen LogP contribution in [0.3, 0.4) is 0 Å². The van der Waals surface area contributed by atoms with E-state index in [1.165, 1.54) is 50.1 Å². The average Bonchev–Trinajstić information content (AvgIpc) is 1.53. The Morgan fingerprint density at radius 3 is 0.735 bits per heavy atom. The maximum Gasteiger partial charge on any atom is 0.164 e. The summed E-state index contributed by atoms with van der Waals surface area (Å²) in [6.45, 7) is 13.6. The molecule has 698 valence electrons. The van der Waals surface area contributed by atoms with Crippen LogP contribution >= 0.6 is 0 Å². The van der Waals surface area contributed by atoms with Crippen LogP contribution in [0.15, 0.2) is 462 Å². The van der Waals surface area contributed by atoms with Crippen molar-refractivity contribution in [1.82, 2.24) is 58.6 Å². The first-order chi connectivity index (χ1) is 72.2. The Hall–Kier alpha value is -19.0. The van der Waals surface area contributed by atoms with Gasteiger partial charge in [-0.15, -0.1) is 0 Å². The van der Waals surface area contributed by atoms with Gasteiger partial charge in [0.25, 0.3) is 0 Å². The Balaban J connectivity index is 0.000000109. The minimum atomic E-state index is -0.277. The van der Waals surface area contributed by atoms with E-state index >= 15 is 0 Å². The minimum absolute atomic E-state index is 0.216. The van der Waals surface area contributed by atoms with Crippen LogP contribution in [0.1, 0.15) is 75.5 Å². The highest BCUT2D eigenvalue weighted by Crippen LogP contribution is 2.60. The van der Waals surface area contributed by atoms with Crippen LogP contribution in [0.2, 0.25) is 0 Å². The van der Waals surface area contributed by atoms with Crippen molar-refractivity contribution < 1.29 is 13.3 Å². The highest BCUT2D eigenvalue weighted by Gasteiger charge is 2.46. The summed E-state index contributed by atoms with van der Waals surface area (Å²) >= 11 is 0. The molecular weight excluding hydrogens is 1800 g/mol. The Morgan fingerprint density at radius 2 is 0.401 bits per heavy atom. The molecule has 0 spiro atoms. The molecule has 15 heteroatoms. The van der Waals surface area contributed by atoms with E-state index in [0.29, 0.717) is 52.4 Å². The number of benzene rings is 17. The fourth-order valence-electron chi connectivity index (χ4n) is 22.2. The molecule has 0 N–H and O–H groups in total. The topological polar surface area (TPSA) is 170 Å². The fourth-order valence-corrected chi connectivity index (χ4v) is 22.2. The second kappa shape index (κ2) is 34.7. The molecule has 9 aromatic heterocycles. The lowest BCUT2D eigenvalue weighted by molar-refractivity contribution is 0.466. The van der Waals surface area contributed by atoms with Crippen molar-refractivity contribution in [1.29, 1.82) is 0 Å². The molecule has 3 aliphatic carbocycles. The van der Waals surface area contributed by atoms with E-state index < -0.39 is 0 Å². The molecule has 0 saturated carbocycles. The third-order valence-electron chi connectivity index (χ3n) is 29.4. The Kier molecular flexibility index (Phi) is 20.6. The Bertz CT molecular complexity index is 9460. The van der Waals surface area contributed by atoms with E-state index in [2.05, 4.69) is 322 Å². The highest BCUT2D eigenvalue weighted by molar-refractivity contribution is 6.17. The zero-order valence-corrected chi connectivity index (χ0v) is 81.3. The average molecular weight is 1890 g/mol. The van der Waals surface area contributed by atoms with Gasteiger partial charge in [0.2, 0.25) is 0 Å². The van der Waals surface area contributed by atoms with Gasteiger partial charge in [0.15, 0.2) is 69.2 Å². The van der Waals surface area contributed by atoms with Crippen molar-refractivity contribution in [3.63, 3.8) is 0 Å². The maximum atomic E-state index is 6.94. The van der Waals surface area contributed by atoms with E-state index in [4.69, 9.17) is 58.1 Å². The summed E-state index contributed by atoms with van der Waals surface area (Å²) in [4.78, 5) is 44.1. The quantitative estimate of drug-likeness (QED) is 0.101.